The maximum absolute atomic E-state index is 12.9. The van der Waals surface area contributed by atoms with Gasteiger partial charge in [-0.1, -0.05) is 67.4 Å². The number of hydrogen-bond acceptors (Lipinski definition) is 3. The van der Waals surface area contributed by atoms with E-state index in [0.29, 0.717) is 13.2 Å². The molecule has 1 aliphatic heterocycles. The Morgan fingerprint density at radius 3 is 2.34 bits per heavy atom. The Kier molecular flexibility index (Phi) is 7.10. The smallest absolute Gasteiger partial charge is 0.317 e. The molecule has 0 bridgehead atoms. The second-order valence-electron chi connectivity index (χ2n) is 8.95. The average molecular weight is 436 g/mol. The highest BCUT2D eigenvalue weighted by molar-refractivity contribution is 5.85. The van der Waals surface area contributed by atoms with Crippen molar-refractivity contribution in [2.24, 2.45) is 0 Å². The van der Waals surface area contributed by atoms with Crippen molar-refractivity contribution in [2.45, 2.75) is 43.7 Å². The molecule has 2 fully saturated rings. The molecule has 32 heavy (non-hydrogen) atoms. The summed E-state index contributed by atoms with van der Waals surface area (Å²) in [5, 5.41) is 3.04. The Hall–Kier alpha value is -2.86. The maximum atomic E-state index is 12.9. The number of carbonyl (C=O) groups excluding carboxylic acids is 2. The minimum Gasteiger partial charge on any atom is -0.383 e. The van der Waals surface area contributed by atoms with E-state index in [2.05, 4.69) is 41.7 Å². The lowest BCUT2D eigenvalue weighted by Gasteiger charge is -2.48. The Morgan fingerprint density at radius 2 is 1.69 bits per heavy atom. The van der Waals surface area contributed by atoms with Crippen molar-refractivity contribution in [2.75, 3.05) is 33.9 Å². The van der Waals surface area contributed by atoms with Gasteiger partial charge in [-0.15, -0.1) is 0 Å². The molecule has 0 spiro atoms. The Bertz CT molecular complexity index is 910. The van der Waals surface area contributed by atoms with Crippen LogP contribution in [-0.4, -0.2) is 67.7 Å². The molecule has 2 aromatic carbocycles. The summed E-state index contributed by atoms with van der Waals surface area (Å²) < 4.78 is 5.43. The third-order valence-electron chi connectivity index (χ3n) is 6.76. The summed E-state index contributed by atoms with van der Waals surface area (Å²) in [5.74, 6) is 0.203. The van der Waals surface area contributed by atoms with E-state index >= 15 is 0 Å². The van der Waals surface area contributed by atoms with Crippen LogP contribution in [0.5, 0.6) is 0 Å². The van der Waals surface area contributed by atoms with Crippen LogP contribution in [0.1, 0.15) is 37.2 Å². The highest BCUT2D eigenvalue weighted by Gasteiger charge is 2.42. The molecule has 0 radical (unpaired) electrons. The van der Waals surface area contributed by atoms with E-state index in [1.165, 1.54) is 21.6 Å². The van der Waals surface area contributed by atoms with Gasteiger partial charge in [0, 0.05) is 32.7 Å². The number of likely N-dealkylation sites (N-methyl/N-ethyl adjacent to an activating group) is 1. The third-order valence-corrected chi connectivity index (χ3v) is 6.76. The third kappa shape index (κ3) is 4.96. The fraction of sp³-hybridized carbons (Fsp3) is 0.462. The van der Waals surface area contributed by atoms with Gasteiger partial charge in [0.15, 0.2) is 0 Å². The fourth-order valence-corrected chi connectivity index (χ4v) is 4.81. The van der Waals surface area contributed by atoms with Crippen molar-refractivity contribution < 1.29 is 14.3 Å². The van der Waals surface area contributed by atoms with Crippen LogP contribution in [0.25, 0.3) is 11.1 Å². The number of likely N-dealkylation sites (tertiary alicyclic amines) is 1. The number of benzene rings is 2. The molecule has 6 heteroatoms. The zero-order valence-electron chi connectivity index (χ0n) is 19.0. The van der Waals surface area contributed by atoms with Crippen LogP contribution in [0, 0.1) is 0 Å². The van der Waals surface area contributed by atoms with E-state index in [1.807, 2.05) is 23.1 Å². The summed E-state index contributed by atoms with van der Waals surface area (Å²) in [5.41, 5.74) is 3.58. The van der Waals surface area contributed by atoms with Crippen molar-refractivity contribution in [1.29, 1.82) is 0 Å². The predicted molar refractivity (Wildman–Crippen MR) is 125 cm³/mol. The summed E-state index contributed by atoms with van der Waals surface area (Å²) in [6, 6.07) is 19.0. The summed E-state index contributed by atoms with van der Waals surface area (Å²) in [4.78, 5) is 28.7. The molecule has 2 aliphatic rings. The first-order valence-electron chi connectivity index (χ1n) is 11.5. The standard InChI is InChI=1S/C26H33N3O3/c1-28(26(31)27-22-10-6-7-11-22)17-25(30)29-16-23(24(29)18-32-2)21-14-12-20(13-15-21)19-8-4-3-5-9-19/h3-5,8-9,12-15,22-24H,6-7,10-11,16-18H2,1-2H3,(H,27,31). The molecule has 170 valence electrons. The summed E-state index contributed by atoms with van der Waals surface area (Å²) in [6.07, 6.45) is 4.38. The lowest BCUT2D eigenvalue weighted by molar-refractivity contribution is -0.143. The van der Waals surface area contributed by atoms with E-state index in [0.717, 1.165) is 25.7 Å². The first-order chi connectivity index (χ1) is 15.6. The molecule has 1 saturated heterocycles. The number of methoxy groups -OCH3 is 1. The van der Waals surface area contributed by atoms with Crippen molar-refractivity contribution in [3.8, 4) is 11.1 Å². The van der Waals surface area contributed by atoms with Crippen LogP contribution >= 0.6 is 0 Å². The molecule has 1 saturated carbocycles. The lowest BCUT2D eigenvalue weighted by Crippen LogP contribution is -2.61. The van der Waals surface area contributed by atoms with Gasteiger partial charge in [-0.3, -0.25) is 4.79 Å². The largest absolute Gasteiger partial charge is 0.383 e. The van der Waals surface area contributed by atoms with Gasteiger partial charge in [0.05, 0.1) is 12.6 Å². The number of nitrogens with zero attached hydrogens (tertiary/aromatic N) is 2. The number of amides is 3. The van der Waals surface area contributed by atoms with Gasteiger partial charge < -0.3 is 19.9 Å². The van der Waals surface area contributed by atoms with Crippen molar-refractivity contribution in [1.82, 2.24) is 15.1 Å². The molecule has 1 aliphatic carbocycles. The fourth-order valence-electron chi connectivity index (χ4n) is 4.81. The van der Waals surface area contributed by atoms with E-state index in [9.17, 15) is 9.59 Å². The molecule has 3 amide bonds. The normalized spacial score (nSPS) is 20.6. The van der Waals surface area contributed by atoms with E-state index in [4.69, 9.17) is 4.74 Å². The molecule has 0 aromatic heterocycles. The average Bonchev–Trinajstić information content (AvgIpc) is 3.31. The molecule has 2 aromatic rings. The number of hydrogen-bond donors (Lipinski definition) is 1. The van der Waals surface area contributed by atoms with Crippen molar-refractivity contribution in [3.05, 3.63) is 60.2 Å². The zero-order valence-corrected chi connectivity index (χ0v) is 19.0. The van der Waals surface area contributed by atoms with Crippen LogP contribution in [0.3, 0.4) is 0 Å². The van der Waals surface area contributed by atoms with Crippen LogP contribution in [0.15, 0.2) is 54.6 Å². The monoisotopic (exact) mass is 435 g/mol. The predicted octanol–water partition coefficient (Wildman–Crippen LogP) is 3.88. The summed E-state index contributed by atoms with van der Waals surface area (Å²) in [7, 11) is 3.35. The van der Waals surface area contributed by atoms with E-state index in [-0.39, 0.29) is 36.5 Å². The molecular weight excluding hydrogens is 402 g/mol. The number of ether oxygens (including phenoxy) is 1. The van der Waals surface area contributed by atoms with E-state index < -0.39 is 0 Å². The van der Waals surface area contributed by atoms with Crippen molar-refractivity contribution in [3.63, 3.8) is 0 Å². The Balaban J connectivity index is 1.35. The minimum atomic E-state index is -0.165. The first kappa shape index (κ1) is 22.3. The second kappa shape index (κ2) is 10.2. The van der Waals surface area contributed by atoms with Gasteiger partial charge in [0.25, 0.3) is 0 Å². The highest BCUT2D eigenvalue weighted by atomic mass is 16.5. The van der Waals surface area contributed by atoms with E-state index in [1.54, 1.807) is 14.2 Å². The summed E-state index contributed by atoms with van der Waals surface area (Å²) >= 11 is 0. The number of nitrogens with one attached hydrogen (secondary N) is 1. The Morgan fingerprint density at radius 1 is 1.03 bits per heavy atom. The van der Waals surface area contributed by atoms with Gasteiger partial charge in [-0.2, -0.15) is 0 Å². The molecule has 2 atom stereocenters. The lowest BCUT2D eigenvalue weighted by atomic mass is 9.82. The Labute approximate surface area is 190 Å². The number of urea groups is 1. The quantitative estimate of drug-likeness (QED) is 0.718. The van der Waals surface area contributed by atoms with Gasteiger partial charge in [-0.05, 0) is 29.5 Å². The molecule has 1 heterocycles. The van der Waals surface area contributed by atoms with Crippen LogP contribution in [0.4, 0.5) is 4.79 Å². The molecule has 2 unspecified atom stereocenters. The van der Waals surface area contributed by atoms with Crippen LogP contribution < -0.4 is 5.32 Å². The van der Waals surface area contributed by atoms with Gasteiger partial charge in [-0.25, -0.2) is 4.79 Å². The van der Waals surface area contributed by atoms with Gasteiger partial charge in [0.2, 0.25) is 5.91 Å². The van der Waals surface area contributed by atoms with Crippen LogP contribution in [0.2, 0.25) is 0 Å². The zero-order chi connectivity index (χ0) is 22.5. The molecular formula is C26H33N3O3. The van der Waals surface area contributed by atoms with Crippen molar-refractivity contribution >= 4 is 11.9 Å². The maximum Gasteiger partial charge on any atom is 0.317 e. The van der Waals surface area contributed by atoms with Crippen LogP contribution in [-0.2, 0) is 9.53 Å². The minimum absolute atomic E-state index is 0.0126. The number of carbonyl (C=O) groups is 2. The SMILES string of the molecule is COCC1C(c2ccc(-c3ccccc3)cc2)CN1C(=O)CN(C)C(=O)NC1CCCC1. The molecule has 4 rings (SSSR count). The second-order valence-corrected chi connectivity index (χ2v) is 8.95. The van der Waals surface area contributed by atoms with Gasteiger partial charge in [0.1, 0.15) is 6.54 Å². The first-order valence-corrected chi connectivity index (χ1v) is 11.5. The van der Waals surface area contributed by atoms with Gasteiger partial charge >= 0.3 is 6.03 Å². The topological polar surface area (TPSA) is 61.9 Å². The molecule has 1 N–H and O–H groups in total. The summed E-state index contributed by atoms with van der Waals surface area (Å²) in [6.45, 7) is 1.21. The number of rotatable bonds is 7. The molecule has 6 nitrogen and oxygen atoms in total. The highest BCUT2D eigenvalue weighted by Crippen LogP contribution is 2.35.